The van der Waals surface area contributed by atoms with E-state index in [0.717, 1.165) is 5.56 Å². The molecule has 0 aliphatic heterocycles. The Labute approximate surface area is 184 Å². The van der Waals surface area contributed by atoms with Crippen molar-refractivity contribution in [2.75, 3.05) is 12.4 Å². The number of benzene rings is 3. The monoisotopic (exact) mass is 430 g/mol. The summed E-state index contributed by atoms with van der Waals surface area (Å²) < 4.78 is 9.93. The van der Waals surface area contributed by atoms with Gasteiger partial charge in [0, 0.05) is 17.5 Å². The number of carbonyl (C=O) groups is 1. The fraction of sp³-hybridized carbons (Fsp3) is 0.160. The highest BCUT2D eigenvalue weighted by Crippen LogP contribution is 2.29. The first-order valence-electron chi connectivity index (χ1n) is 10.0. The molecule has 1 aromatic heterocycles. The van der Waals surface area contributed by atoms with Crippen molar-refractivity contribution in [3.05, 3.63) is 100 Å². The molecular weight excluding hydrogens is 408 g/mol. The highest BCUT2D eigenvalue weighted by molar-refractivity contribution is 6.00. The number of ether oxygens (including phenoxy) is 1. The molecule has 4 rings (SSSR count). The fourth-order valence-corrected chi connectivity index (χ4v) is 3.61. The minimum Gasteiger partial charge on any atom is -0.497 e. The Morgan fingerprint density at radius 3 is 2.47 bits per heavy atom. The summed E-state index contributed by atoms with van der Waals surface area (Å²) in [4.78, 5) is 25.3. The molecule has 162 valence electrons. The van der Waals surface area contributed by atoms with Crippen LogP contribution in [-0.4, -0.2) is 23.3 Å². The van der Waals surface area contributed by atoms with E-state index in [-0.39, 0.29) is 6.42 Å². The molecule has 1 unspecified atom stereocenters. The molecule has 0 bridgehead atoms. The van der Waals surface area contributed by atoms with Gasteiger partial charge in [-0.2, -0.15) is 0 Å². The van der Waals surface area contributed by atoms with Crippen LogP contribution in [0, 0.1) is 6.92 Å². The summed E-state index contributed by atoms with van der Waals surface area (Å²) in [7, 11) is 1.58. The van der Waals surface area contributed by atoms with Crippen LogP contribution in [0.25, 0.3) is 10.8 Å². The van der Waals surface area contributed by atoms with E-state index in [9.17, 15) is 14.7 Å². The van der Waals surface area contributed by atoms with Gasteiger partial charge in [-0.25, -0.2) is 4.79 Å². The Balaban J connectivity index is 1.69. The Morgan fingerprint density at radius 1 is 1.06 bits per heavy atom. The first kappa shape index (κ1) is 21.3. The lowest BCUT2D eigenvalue weighted by atomic mass is 9.86. The predicted molar refractivity (Wildman–Crippen MR) is 121 cm³/mol. The van der Waals surface area contributed by atoms with Gasteiger partial charge in [0.25, 0.3) is 5.91 Å². The van der Waals surface area contributed by atoms with E-state index >= 15 is 0 Å². The summed E-state index contributed by atoms with van der Waals surface area (Å²) in [5, 5.41) is 19.0. The maximum atomic E-state index is 13.4. The number of hydrogen-bond donors (Lipinski definition) is 2. The van der Waals surface area contributed by atoms with Crippen LogP contribution in [0.3, 0.4) is 0 Å². The van der Waals surface area contributed by atoms with E-state index in [4.69, 9.17) is 9.26 Å². The van der Waals surface area contributed by atoms with Gasteiger partial charge in [0.05, 0.1) is 18.2 Å². The van der Waals surface area contributed by atoms with Crippen molar-refractivity contribution in [3.63, 3.8) is 0 Å². The van der Waals surface area contributed by atoms with Crippen LogP contribution in [0.5, 0.6) is 5.75 Å². The number of methoxy groups -OCH3 is 1. The molecule has 3 aromatic carbocycles. The van der Waals surface area contributed by atoms with Gasteiger partial charge in [-0.3, -0.25) is 4.79 Å². The fourth-order valence-electron chi connectivity index (χ4n) is 3.61. The SMILES string of the molecule is COc1ccc(CC(O)(C(=O)Nc2ccc3c(=O)onc(C)c3c2)c2ccccc2)cc1. The molecule has 7 heteroatoms. The number of hydrogen-bond acceptors (Lipinski definition) is 6. The molecule has 0 aliphatic carbocycles. The molecular formula is C25H22N2O5. The number of nitrogens with zero attached hydrogens (tertiary/aromatic N) is 1. The Morgan fingerprint density at radius 2 is 1.78 bits per heavy atom. The highest BCUT2D eigenvalue weighted by atomic mass is 16.5. The smallest absolute Gasteiger partial charge is 0.366 e. The minimum atomic E-state index is -1.83. The second-order valence-corrected chi connectivity index (χ2v) is 7.52. The third kappa shape index (κ3) is 4.10. The van der Waals surface area contributed by atoms with Gasteiger partial charge in [-0.1, -0.05) is 47.6 Å². The van der Waals surface area contributed by atoms with Crippen LogP contribution in [0.1, 0.15) is 16.8 Å². The van der Waals surface area contributed by atoms with Crippen LogP contribution in [-0.2, 0) is 16.8 Å². The lowest BCUT2D eigenvalue weighted by Crippen LogP contribution is -2.42. The molecule has 32 heavy (non-hydrogen) atoms. The van der Waals surface area contributed by atoms with E-state index in [1.165, 1.54) is 0 Å². The molecule has 0 aliphatic rings. The minimum absolute atomic E-state index is 0.0601. The molecule has 0 saturated heterocycles. The Bertz CT molecular complexity index is 1320. The molecule has 2 N–H and O–H groups in total. The van der Waals surface area contributed by atoms with Crippen LogP contribution < -0.4 is 15.7 Å². The number of nitrogens with one attached hydrogen (secondary N) is 1. The number of carbonyl (C=O) groups excluding carboxylic acids is 1. The number of aromatic nitrogens is 1. The van der Waals surface area contributed by atoms with Crippen molar-refractivity contribution < 1.29 is 19.2 Å². The molecule has 1 atom stereocenters. The third-order valence-corrected chi connectivity index (χ3v) is 5.40. The van der Waals surface area contributed by atoms with Gasteiger partial charge in [0.15, 0.2) is 5.60 Å². The van der Waals surface area contributed by atoms with Crippen molar-refractivity contribution in [3.8, 4) is 5.75 Å². The zero-order valence-electron chi connectivity index (χ0n) is 17.7. The first-order chi connectivity index (χ1) is 15.4. The maximum Gasteiger partial charge on any atom is 0.366 e. The number of aliphatic hydroxyl groups is 1. The van der Waals surface area contributed by atoms with Crippen molar-refractivity contribution in [1.29, 1.82) is 0 Å². The van der Waals surface area contributed by atoms with E-state index < -0.39 is 17.1 Å². The molecule has 1 heterocycles. The van der Waals surface area contributed by atoms with Gasteiger partial charge < -0.3 is 19.7 Å². The maximum absolute atomic E-state index is 13.4. The first-order valence-corrected chi connectivity index (χ1v) is 10.0. The van der Waals surface area contributed by atoms with Crippen LogP contribution >= 0.6 is 0 Å². The second-order valence-electron chi connectivity index (χ2n) is 7.52. The summed E-state index contributed by atoms with van der Waals surface area (Å²) >= 11 is 0. The predicted octanol–water partition coefficient (Wildman–Crippen LogP) is 3.57. The quantitative estimate of drug-likeness (QED) is 0.485. The van der Waals surface area contributed by atoms with Gasteiger partial charge >= 0.3 is 5.63 Å². The average molecular weight is 430 g/mol. The number of amides is 1. The lowest BCUT2D eigenvalue weighted by Gasteiger charge is -2.28. The summed E-state index contributed by atoms with van der Waals surface area (Å²) in [6, 6.07) is 20.8. The Hall–Kier alpha value is -3.97. The summed E-state index contributed by atoms with van der Waals surface area (Å²) in [5.74, 6) is 0.0959. The zero-order valence-corrected chi connectivity index (χ0v) is 17.7. The van der Waals surface area contributed by atoms with E-state index in [1.54, 1.807) is 68.6 Å². The summed E-state index contributed by atoms with van der Waals surface area (Å²) in [5.41, 5.74) is -0.192. The van der Waals surface area contributed by atoms with Gasteiger partial charge in [0.1, 0.15) is 5.75 Å². The van der Waals surface area contributed by atoms with E-state index in [0.29, 0.717) is 33.5 Å². The molecule has 1 amide bonds. The second kappa shape index (κ2) is 8.64. The number of aryl methyl sites for hydroxylation is 1. The number of fused-ring (bicyclic) bond motifs is 1. The van der Waals surface area contributed by atoms with Gasteiger partial charge in [-0.05, 0) is 48.4 Å². The number of anilines is 1. The van der Waals surface area contributed by atoms with Crippen molar-refractivity contribution >= 4 is 22.4 Å². The standard InChI is InChI=1S/C25H22N2O5/c1-16-22-14-19(10-13-21(22)23(28)32-27-16)26-24(29)25(30,18-6-4-3-5-7-18)15-17-8-11-20(31-2)12-9-17/h3-14,30H,15H2,1-2H3,(H,26,29). The zero-order chi connectivity index (χ0) is 22.7. The van der Waals surface area contributed by atoms with Gasteiger partial charge in [0.2, 0.25) is 0 Å². The van der Waals surface area contributed by atoms with E-state index in [1.807, 2.05) is 18.2 Å². The third-order valence-electron chi connectivity index (χ3n) is 5.40. The van der Waals surface area contributed by atoms with Crippen molar-refractivity contribution in [1.82, 2.24) is 5.16 Å². The van der Waals surface area contributed by atoms with Crippen molar-refractivity contribution in [2.45, 2.75) is 18.9 Å². The lowest BCUT2D eigenvalue weighted by molar-refractivity contribution is -0.135. The molecule has 7 nitrogen and oxygen atoms in total. The van der Waals surface area contributed by atoms with Crippen LogP contribution in [0.4, 0.5) is 5.69 Å². The molecule has 4 aromatic rings. The molecule has 0 radical (unpaired) electrons. The van der Waals surface area contributed by atoms with Gasteiger partial charge in [-0.15, -0.1) is 0 Å². The number of rotatable bonds is 6. The summed E-state index contributed by atoms with van der Waals surface area (Å²) in [6.45, 7) is 1.71. The average Bonchev–Trinajstić information content (AvgIpc) is 2.82. The Kier molecular flexibility index (Phi) is 5.75. The molecule has 0 spiro atoms. The molecule has 0 saturated carbocycles. The normalized spacial score (nSPS) is 12.8. The van der Waals surface area contributed by atoms with E-state index in [2.05, 4.69) is 10.5 Å². The van der Waals surface area contributed by atoms with Crippen molar-refractivity contribution in [2.24, 2.45) is 0 Å². The van der Waals surface area contributed by atoms with Crippen LogP contribution in [0.15, 0.2) is 82.1 Å². The largest absolute Gasteiger partial charge is 0.497 e. The topological polar surface area (TPSA) is 102 Å². The van der Waals surface area contributed by atoms with Crippen LogP contribution in [0.2, 0.25) is 0 Å². The highest BCUT2D eigenvalue weighted by Gasteiger charge is 2.38. The molecule has 0 fully saturated rings. The summed E-state index contributed by atoms with van der Waals surface area (Å²) in [6.07, 6.45) is 0.0601.